The fourth-order valence-electron chi connectivity index (χ4n) is 0. The molecule has 0 rings (SSSR count). The van der Waals surface area contributed by atoms with Gasteiger partial charge in [0.25, 0.3) is 0 Å². The molecule has 0 spiro atoms. The summed E-state index contributed by atoms with van der Waals surface area (Å²) in [5.41, 5.74) is 0. The van der Waals surface area contributed by atoms with Gasteiger partial charge in [0.2, 0.25) is 0 Å². The summed E-state index contributed by atoms with van der Waals surface area (Å²) in [5, 5.41) is 7.32. The number of rotatable bonds is 0. The lowest BCUT2D eigenvalue weighted by Gasteiger charge is -1.15. The molecule has 0 bridgehead atoms. The van der Waals surface area contributed by atoms with Crippen LogP contribution in [0.4, 0.5) is 0 Å². The zero-order valence-corrected chi connectivity index (χ0v) is 4.91. The molecule has 0 aromatic rings. The number of halogens is 1. The standard InChI is InChI=1S/C2H3N.CH3Br/c1-2-3;1-2/h1H3;1H3. The van der Waals surface area contributed by atoms with Gasteiger partial charge in [-0.25, -0.2) is 0 Å². The van der Waals surface area contributed by atoms with Gasteiger partial charge in [0.1, 0.15) is 0 Å². The Kier molecular flexibility index (Phi) is 66.1. The Morgan fingerprint density at radius 1 is 1.60 bits per heavy atom. The van der Waals surface area contributed by atoms with E-state index in [-0.39, 0.29) is 0 Å². The van der Waals surface area contributed by atoms with Crippen molar-refractivity contribution >= 4 is 15.9 Å². The summed E-state index contributed by atoms with van der Waals surface area (Å²) in [4.78, 5) is 0. The third-order valence-electron chi connectivity index (χ3n) is 0. The van der Waals surface area contributed by atoms with Gasteiger partial charge >= 0.3 is 0 Å². The first kappa shape index (κ1) is 8.88. The van der Waals surface area contributed by atoms with Gasteiger partial charge in [0.15, 0.2) is 0 Å². The van der Waals surface area contributed by atoms with E-state index in [1.807, 2.05) is 5.83 Å². The molecule has 0 saturated heterocycles. The maximum Gasteiger partial charge on any atom is 0.0587 e. The van der Waals surface area contributed by atoms with Crippen LogP contribution in [0.2, 0.25) is 0 Å². The molecule has 0 atom stereocenters. The molecule has 0 unspecified atom stereocenters. The molecule has 0 saturated carbocycles. The lowest BCUT2D eigenvalue weighted by Crippen LogP contribution is -1.10. The smallest absolute Gasteiger partial charge is 0.0587 e. The van der Waals surface area contributed by atoms with E-state index in [2.05, 4.69) is 15.9 Å². The minimum atomic E-state index is 1.43. The maximum atomic E-state index is 7.32. The number of hydrogen-bond acceptors (Lipinski definition) is 1. The number of nitrogens with zero attached hydrogens (tertiary/aromatic N) is 1. The highest BCUT2D eigenvalue weighted by Crippen LogP contribution is 1.45. The summed E-state index contributed by atoms with van der Waals surface area (Å²) in [6.07, 6.45) is 0. The highest BCUT2D eigenvalue weighted by Gasteiger charge is 1.17. The van der Waals surface area contributed by atoms with Crippen molar-refractivity contribution in [3.05, 3.63) is 0 Å². The molecule has 30 valence electrons. The van der Waals surface area contributed by atoms with Crippen molar-refractivity contribution in [2.75, 3.05) is 5.83 Å². The predicted molar refractivity (Wildman–Crippen MR) is 26.1 cm³/mol. The van der Waals surface area contributed by atoms with Gasteiger partial charge < -0.3 is 0 Å². The highest BCUT2D eigenvalue weighted by atomic mass is 79.9. The quantitative estimate of drug-likeness (QED) is 0.463. The molecule has 0 amide bonds. The van der Waals surface area contributed by atoms with E-state index in [1.165, 1.54) is 6.92 Å². The van der Waals surface area contributed by atoms with Gasteiger partial charge in [0, 0.05) is 6.92 Å². The van der Waals surface area contributed by atoms with E-state index in [0.717, 1.165) is 0 Å². The first-order chi connectivity index (χ1) is 2.41. The van der Waals surface area contributed by atoms with Crippen molar-refractivity contribution in [3.8, 4) is 6.07 Å². The van der Waals surface area contributed by atoms with Crippen molar-refractivity contribution < 1.29 is 0 Å². The van der Waals surface area contributed by atoms with Crippen molar-refractivity contribution in [1.82, 2.24) is 0 Å². The minimum Gasteiger partial charge on any atom is -0.199 e. The molecule has 0 fully saturated rings. The third-order valence-corrected chi connectivity index (χ3v) is 0. The van der Waals surface area contributed by atoms with Gasteiger partial charge in [-0.2, -0.15) is 5.26 Å². The molecule has 0 radical (unpaired) electrons. The fraction of sp³-hybridized carbons (Fsp3) is 0.667. The fourth-order valence-corrected chi connectivity index (χ4v) is 0. The summed E-state index contributed by atoms with van der Waals surface area (Å²) in [6, 6.07) is 1.75. The third kappa shape index (κ3) is 17100. The maximum absolute atomic E-state index is 7.32. The Labute approximate surface area is 40.7 Å². The van der Waals surface area contributed by atoms with Crippen molar-refractivity contribution in [2.24, 2.45) is 0 Å². The molecule has 0 aliphatic heterocycles. The molecule has 1 nitrogen and oxygen atoms in total. The Bertz CT molecular complexity index is 28.4. The van der Waals surface area contributed by atoms with E-state index in [9.17, 15) is 0 Å². The Balaban J connectivity index is 0. The lowest BCUT2D eigenvalue weighted by molar-refractivity contribution is 1.49. The molecular formula is C3H6BrN. The number of alkyl halides is 1. The van der Waals surface area contributed by atoms with Gasteiger partial charge in [-0.05, 0) is 5.83 Å². The Morgan fingerprint density at radius 2 is 1.60 bits per heavy atom. The SMILES string of the molecule is CBr.CC#N. The van der Waals surface area contributed by atoms with Crippen LogP contribution in [0.15, 0.2) is 0 Å². The van der Waals surface area contributed by atoms with Gasteiger partial charge in [-0.15, -0.1) is 0 Å². The normalized spacial score (nSPS) is 2.80. The second-order valence-corrected chi connectivity index (χ2v) is 0.224. The number of hydrogen-bond donors (Lipinski definition) is 0. The molecule has 0 aromatic carbocycles. The molecule has 0 aliphatic rings. The number of nitriles is 1. The average molecular weight is 136 g/mol. The predicted octanol–water partition coefficient (Wildman–Crippen LogP) is 1.54. The molecule has 0 heterocycles. The van der Waals surface area contributed by atoms with Crippen LogP contribution in [0.25, 0.3) is 0 Å². The second kappa shape index (κ2) is 37.2. The summed E-state index contributed by atoms with van der Waals surface area (Å²) in [7, 11) is 0. The highest BCUT2D eigenvalue weighted by molar-refractivity contribution is 9.08. The van der Waals surface area contributed by atoms with Crippen LogP contribution in [0, 0.1) is 11.3 Å². The zero-order chi connectivity index (χ0) is 4.71. The van der Waals surface area contributed by atoms with E-state index >= 15 is 0 Å². The zero-order valence-electron chi connectivity index (χ0n) is 3.33. The molecule has 0 N–H and O–H groups in total. The Morgan fingerprint density at radius 3 is 1.60 bits per heavy atom. The first-order valence-electron chi connectivity index (χ1n) is 1.10. The van der Waals surface area contributed by atoms with E-state index in [4.69, 9.17) is 5.26 Å². The first-order valence-corrected chi connectivity index (χ1v) is 2.69. The van der Waals surface area contributed by atoms with E-state index in [1.54, 1.807) is 6.07 Å². The van der Waals surface area contributed by atoms with Crippen LogP contribution in [-0.2, 0) is 0 Å². The van der Waals surface area contributed by atoms with E-state index in [0.29, 0.717) is 0 Å². The Hall–Kier alpha value is -0.0300. The molecule has 0 aliphatic carbocycles. The average Bonchev–Trinajstić information content (AvgIpc) is 1.46. The second-order valence-electron chi connectivity index (χ2n) is 0.224. The molecule has 5 heavy (non-hydrogen) atoms. The van der Waals surface area contributed by atoms with Crippen LogP contribution in [0.5, 0.6) is 0 Å². The minimum absolute atomic E-state index is 1.43. The van der Waals surface area contributed by atoms with Crippen LogP contribution in [0.1, 0.15) is 6.92 Å². The van der Waals surface area contributed by atoms with Crippen LogP contribution >= 0.6 is 15.9 Å². The van der Waals surface area contributed by atoms with Gasteiger partial charge in [-0.1, -0.05) is 15.9 Å². The summed E-state index contributed by atoms with van der Waals surface area (Å²) in [5.74, 6) is 1.81. The van der Waals surface area contributed by atoms with Crippen LogP contribution in [0.3, 0.4) is 0 Å². The monoisotopic (exact) mass is 135 g/mol. The molecule has 0 aromatic heterocycles. The topological polar surface area (TPSA) is 23.8 Å². The van der Waals surface area contributed by atoms with Crippen LogP contribution in [-0.4, -0.2) is 5.83 Å². The van der Waals surface area contributed by atoms with Gasteiger partial charge in [-0.3, -0.25) is 0 Å². The largest absolute Gasteiger partial charge is 0.199 e. The van der Waals surface area contributed by atoms with E-state index < -0.39 is 0 Å². The van der Waals surface area contributed by atoms with Crippen molar-refractivity contribution in [2.45, 2.75) is 6.92 Å². The lowest BCUT2D eigenvalue weighted by atomic mass is 11.0. The van der Waals surface area contributed by atoms with Crippen molar-refractivity contribution in [3.63, 3.8) is 0 Å². The summed E-state index contributed by atoms with van der Waals surface area (Å²) < 4.78 is 0. The summed E-state index contributed by atoms with van der Waals surface area (Å²) in [6.45, 7) is 1.43. The summed E-state index contributed by atoms with van der Waals surface area (Å²) >= 11 is 2.94. The molecular weight excluding hydrogens is 130 g/mol. The van der Waals surface area contributed by atoms with Crippen molar-refractivity contribution in [1.29, 1.82) is 5.26 Å². The van der Waals surface area contributed by atoms with Crippen LogP contribution < -0.4 is 0 Å². The molecule has 2 heteroatoms. The van der Waals surface area contributed by atoms with Gasteiger partial charge in [0.05, 0.1) is 6.07 Å².